The van der Waals surface area contributed by atoms with Crippen LogP contribution in [0.5, 0.6) is 11.5 Å². The van der Waals surface area contributed by atoms with Crippen LogP contribution in [0.3, 0.4) is 0 Å². The van der Waals surface area contributed by atoms with Crippen LogP contribution in [0.25, 0.3) is 0 Å². The first kappa shape index (κ1) is 12.6. The highest BCUT2D eigenvalue weighted by Gasteiger charge is 2.43. The average Bonchev–Trinajstić information content (AvgIpc) is 2.58. The van der Waals surface area contributed by atoms with Gasteiger partial charge >= 0.3 is 6.29 Å². The maximum absolute atomic E-state index is 12.8. The molecule has 0 saturated carbocycles. The third kappa shape index (κ3) is 2.53. The van der Waals surface area contributed by atoms with Gasteiger partial charge in [-0.3, -0.25) is 0 Å². The molecule has 96 valence electrons. The minimum absolute atomic E-state index is 0.0259. The monoisotopic (exact) mass is 253 g/mol. The number of hydrogen-bond donors (Lipinski definition) is 0. The number of hydrogen-bond acceptors (Lipinski definition) is 3. The fourth-order valence-electron chi connectivity index (χ4n) is 1.80. The van der Waals surface area contributed by atoms with E-state index in [1.54, 1.807) is 6.07 Å². The lowest BCUT2D eigenvalue weighted by molar-refractivity contribution is -0.286. The SMILES string of the molecule is CC(C)C(C#N)Cc1ccc2c(c1)OC(F)(F)O2. The molecule has 0 aliphatic carbocycles. The van der Waals surface area contributed by atoms with E-state index >= 15 is 0 Å². The standard InChI is InChI=1S/C13H13F2NO2/c1-8(2)10(7-16)5-9-3-4-11-12(6-9)18-13(14,15)17-11/h3-4,6,8,10H,5H2,1-2H3. The van der Waals surface area contributed by atoms with Crippen LogP contribution in [-0.4, -0.2) is 6.29 Å². The van der Waals surface area contributed by atoms with E-state index in [9.17, 15) is 8.78 Å². The molecule has 1 aliphatic heterocycles. The van der Waals surface area contributed by atoms with Gasteiger partial charge in [-0.15, -0.1) is 8.78 Å². The highest BCUT2D eigenvalue weighted by Crippen LogP contribution is 2.41. The van der Waals surface area contributed by atoms with Gasteiger partial charge in [0.2, 0.25) is 0 Å². The normalized spacial score (nSPS) is 17.6. The quantitative estimate of drug-likeness (QED) is 0.829. The van der Waals surface area contributed by atoms with Crippen LogP contribution in [0.15, 0.2) is 18.2 Å². The van der Waals surface area contributed by atoms with Gasteiger partial charge in [0.15, 0.2) is 11.5 Å². The fourth-order valence-corrected chi connectivity index (χ4v) is 1.80. The maximum Gasteiger partial charge on any atom is 0.586 e. The van der Waals surface area contributed by atoms with Gasteiger partial charge in [-0.2, -0.15) is 5.26 Å². The van der Waals surface area contributed by atoms with Crippen molar-refractivity contribution in [3.63, 3.8) is 0 Å². The van der Waals surface area contributed by atoms with E-state index in [0.29, 0.717) is 6.42 Å². The molecule has 1 atom stereocenters. The summed E-state index contributed by atoms with van der Waals surface area (Å²) in [6.45, 7) is 3.91. The topological polar surface area (TPSA) is 42.2 Å². The summed E-state index contributed by atoms with van der Waals surface area (Å²) in [4.78, 5) is 0. The number of halogens is 2. The molecule has 18 heavy (non-hydrogen) atoms. The van der Waals surface area contributed by atoms with Gasteiger partial charge in [-0.25, -0.2) is 0 Å². The molecule has 0 amide bonds. The van der Waals surface area contributed by atoms with Gasteiger partial charge in [-0.1, -0.05) is 19.9 Å². The molecule has 3 nitrogen and oxygen atoms in total. The third-order valence-corrected chi connectivity index (χ3v) is 2.89. The Balaban J connectivity index is 2.17. The summed E-state index contributed by atoms with van der Waals surface area (Å²) in [5, 5.41) is 9.01. The molecule has 1 aliphatic rings. The summed E-state index contributed by atoms with van der Waals surface area (Å²) in [6, 6.07) is 6.84. The van der Waals surface area contributed by atoms with Crippen molar-refractivity contribution in [2.75, 3.05) is 0 Å². The van der Waals surface area contributed by atoms with Gasteiger partial charge in [-0.05, 0) is 30.0 Å². The molecule has 0 radical (unpaired) electrons. The van der Waals surface area contributed by atoms with E-state index in [0.717, 1.165) is 5.56 Å². The Hall–Kier alpha value is -1.83. The molecule has 0 spiro atoms. The predicted octanol–water partition coefficient (Wildman–Crippen LogP) is 3.35. The Morgan fingerprint density at radius 2 is 1.94 bits per heavy atom. The van der Waals surface area contributed by atoms with E-state index in [-0.39, 0.29) is 23.3 Å². The number of alkyl halides is 2. The van der Waals surface area contributed by atoms with E-state index in [4.69, 9.17) is 5.26 Å². The number of ether oxygens (including phenoxy) is 2. The lowest BCUT2D eigenvalue weighted by atomic mass is 9.90. The molecule has 5 heteroatoms. The number of benzene rings is 1. The Morgan fingerprint density at radius 3 is 2.56 bits per heavy atom. The maximum atomic E-state index is 12.8. The predicted molar refractivity (Wildman–Crippen MR) is 60.3 cm³/mol. The molecule has 1 unspecified atom stereocenters. The lowest BCUT2D eigenvalue weighted by Gasteiger charge is -2.12. The van der Waals surface area contributed by atoms with Crippen molar-refractivity contribution in [3.8, 4) is 17.6 Å². The number of fused-ring (bicyclic) bond motifs is 1. The van der Waals surface area contributed by atoms with Crippen LogP contribution in [0.4, 0.5) is 8.78 Å². The first-order valence-corrected chi connectivity index (χ1v) is 5.69. The summed E-state index contributed by atoms with van der Waals surface area (Å²) in [6.07, 6.45) is -3.08. The summed E-state index contributed by atoms with van der Waals surface area (Å²) >= 11 is 0. The molecule has 0 bridgehead atoms. The minimum Gasteiger partial charge on any atom is -0.395 e. The van der Waals surface area contributed by atoms with Crippen LogP contribution in [0.1, 0.15) is 19.4 Å². The van der Waals surface area contributed by atoms with Gasteiger partial charge in [0.05, 0.1) is 12.0 Å². The Kier molecular flexibility index (Phi) is 3.12. The minimum atomic E-state index is -3.59. The van der Waals surface area contributed by atoms with Crippen LogP contribution in [-0.2, 0) is 6.42 Å². The fraction of sp³-hybridized carbons (Fsp3) is 0.462. The summed E-state index contributed by atoms with van der Waals surface area (Å²) in [7, 11) is 0. The number of nitrogens with zero attached hydrogens (tertiary/aromatic N) is 1. The zero-order valence-corrected chi connectivity index (χ0v) is 10.1. The molecule has 0 fully saturated rings. The zero-order chi connectivity index (χ0) is 13.3. The molecule has 0 N–H and O–H groups in total. The average molecular weight is 253 g/mol. The Morgan fingerprint density at radius 1 is 1.28 bits per heavy atom. The Labute approximate surface area is 104 Å². The van der Waals surface area contributed by atoms with E-state index in [1.165, 1.54) is 12.1 Å². The second-order valence-electron chi connectivity index (χ2n) is 4.63. The zero-order valence-electron chi connectivity index (χ0n) is 10.1. The molecule has 0 aromatic heterocycles. The molecule has 1 aromatic carbocycles. The summed E-state index contributed by atoms with van der Waals surface area (Å²) in [5.74, 6) is 0.118. The molecule has 0 saturated heterocycles. The van der Waals surface area contributed by atoms with Gasteiger partial charge in [0, 0.05) is 0 Å². The molecular weight excluding hydrogens is 240 g/mol. The highest BCUT2D eigenvalue weighted by molar-refractivity contribution is 5.45. The number of nitriles is 1. The van der Waals surface area contributed by atoms with Crippen LogP contribution in [0, 0.1) is 23.2 Å². The summed E-state index contributed by atoms with van der Waals surface area (Å²) in [5.41, 5.74) is 0.787. The molecule has 1 heterocycles. The van der Waals surface area contributed by atoms with Gasteiger partial charge in [0.25, 0.3) is 0 Å². The smallest absolute Gasteiger partial charge is 0.395 e. The lowest BCUT2D eigenvalue weighted by Crippen LogP contribution is -2.25. The van der Waals surface area contributed by atoms with E-state index < -0.39 is 6.29 Å². The third-order valence-electron chi connectivity index (χ3n) is 2.89. The molecule has 1 aromatic rings. The van der Waals surface area contributed by atoms with Crippen LogP contribution >= 0.6 is 0 Å². The highest BCUT2D eigenvalue weighted by atomic mass is 19.3. The van der Waals surface area contributed by atoms with Crippen molar-refractivity contribution < 1.29 is 18.3 Å². The second kappa shape index (κ2) is 4.45. The van der Waals surface area contributed by atoms with Crippen molar-refractivity contribution in [3.05, 3.63) is 23.8 Å². The molecular formula is C13H13F2NO2. The number of rotatable bonds is 3. The van der Waals surface area contributed by atoms with Crippen LogP contribution in [0.2, 0.25) is 0 Å². The summed E-state index contributed by atoms with van der Waals surface area (Å²) < 4.78 is 34.3. The first-order chi connectivity index (χ1) is 8.41. The van der Waals surface area contributed by atoms with Gasteiger partial charge < -0.3 is 9.47 Å². The van der Waals surface area contributed by atoms with Crippen molar-refractivity contribution in [2.24, 2.45) is 11.8 Å². The van der Waals surface area contributed by atoms with Gasteiger partial charge in [0.1, 0.15) is 0 Å². The first-order valence-electron chi connectivity index (χ1n) is 5.69. The van der Waals surface area contributed by atoms with Crippen molar-refractivity contribution in [1.29, 1.82) is 5.26 Å². The van der Waals surface area contributed by atoms with Crippen molar-refractivity contribution in [2.45, 2.75) is 26.6 Å². The second-order valence-corrected chi connectivity index (χ2v) is 4.63. The van der Waals surface area contributed by atoms with Crippen LogP contribution < -0.4 is 9.47 Å². The van der Waals surface area contributed by atoms with E-state index in [1.807, 2.05) is 13.8 Å². The largest absolute Gasteiger partial charge is 0.586 e. The molecule has 2 rings (SSSR count). The van der Waals surface area contributed by atoms with E-state index in [2.05, 4.69) is 15.5 Å². The van der Waals surface area contributed by atoms with Crippen molar-refractivity contribution in [1.82, 2.24) is 0 Å². The Bertz CT molecular complexity index is 494. The van der Waals surface area contributed by atoms with Crippen molar-refractivity contribution >= 4 is 0 Å².